The second-order valence-corrected chi connectivity index (χ2v) is 9.62. The summed E-state index contributed by atoms with van der Waals surface area (Å²) in [6.45, 7) is 1.81. The lowest BCUT2D eigenvalue weighted by molar-refractivity contribution is 0.172. The maximum absolute atomic E-state index is 13.2. The van der Waals surface area contributed by atoms with E-state index in [1.807, 2.05) is 59.5 Å². The number of pyridine rings is 1. The van der Waals surface area contributed by atoms with Crippen molar-refractivity contribution in [2.24, 2.45) is 0 Å². The lowest BCUT2D eigenvalue weighted by Gasteiger charge is -2.26. The number of thiocarbonyl (C=S) groups is 1. The smallest absolute Gasteiger partial charge is 0.253 e. The van der Waals surface area contributed by atoms with Crippen LogP contribution in [0, 0.1) is 0 Å². The maximum Gasteiger partial charge on any atom is 0.253 e. The van der Waals surface area contributed by atoms with Crippen LogP contribution < -0.4 is 34.6 Å². The van der Waals surface area contributed by atoms with E-state index in [1.54, 1.807) is 27.4 Å². The lowest BCUT2D eigenvalue weighted by atomic mass is 10.1. The van der Waals surface area contributed by atoms with Gasteiger partial charge in [-0.2, -0.15) is 0 Å². The Labute approximate surface area is 237 Å². The zero-order valence-corrected chi connectivity index (χ0v) is 23.4. The molecule has 0 radical (unpaired) electrons. The number of aromatic amines is 1. The number of ether oxygens (including phenoxy) is 5. The predicted octanol–water partition coefficient (Wildman–Crippen LogP) is 4.77. The number of hydrogen-bond donors (Lipinski definition) is 2. The highest BCUT2D eigenvalue weighted by molar-refractivity contribution is 7.80. The van der Waals surface area contributed by atoms with Gasteiger partial charge < -0.3 is 38.9 Å². The largest absolute Gasteiger partial charge is 0.497 e. The summed E-state index contributed by atoms with van der Waals surface area (Å²) in [4.78, 5) is 18.1. The number of nitrogens with zero attached hydrogens (tertiary/aromatic N) is 1. The molecule has 3 aromatic carbocycles. The molecule has 2 N–H and O–H groups in total. The highest BCUT2D eigenvalue weighted by Gasteiger charge is 2.17. The molecule has 0 saturated carbocycles. The van der Waals surface area contributed by atoms with E-state index in [9.17, 15) is 4.79 Å². The zero-order chi connectivity index (χ0) is 28.1. The normalized spacial score (nSPS) is 12.1. The van der Waals surface area contributed by atoms with E-state index < -0.39 is 0 Å². The molecular weight excluding hydrogens is 530 g/mol. The van der Waals surface area contributed by atoms with Gasteiger partial charge in [-0.15, -0.1) is 0 Å². The fourth-order valence-electron chi connectivity index (χ4n) is 4.57. The van der Waals surface area contributed by atoms with Crippen LogP contribution >= 0.6 is 12.2 Å². The minimum absolute atomic E-state index is 0.190. The van der Waals surface area contributed by atoms with E-state index in [0.717, 1.165) is 16.6 Å². The van der Waals surface area contributed by atoms with Gasteiger partial charge in [-0.25, -0.2) is 0 Å². The van der Waals surface area contributed by atoms with Crippen molar-refractivity contribution < 1.29 is 23.7 Å². The summed E-state index contributed by atoms with van der Waals surface area (Å²) in [5, 5.41) is 4.63. The predicted molar refractivity (Wildman–Crippen MR) is 158 cm³/mol. The Balaban J connectivity index is 1.42. The fourth-order valence-corrected chi connectivity index (χ4v) is 4.84. The van der Waals surface area contributed by atoms with E-state index in [4.69, 9.17) is 35.9 Å². The second-order valence-electron chi connectivity index (χ2n) is 9.23. The van der Waals surface area contributed by atoms with Gasteiger partial charge in [0.1, 0.15) is 19.0 Å². The van der Waals surface area contributed by atoms with Gasteiger partial charge in [0.2, 0.25) is 0 Å². The first-order chi connectivity index (χ1) is 19.5. The molecule has 2 heterocycles. The maximum atomic E-state index is 13.2. The van der Waals surface area contributed by atoms with Crippen LogP contribution in [0.3, 0.4) is 0 Å². The Kier molecular flexibility index (Phi) is 8.26. The summed E-state index contributed by atoms with van der Waals surface area (Å²) in [5.41, 5.74) is 2.91. The molecule has 9 nitrogen and oxygen atoms in total. The number of anilines is 1. The van der Waals surface area contributed by atoms with Gasteiger partial charge in [0.05, 0.1) is 33.4 Å². The number of rotatable bonds is 9. The fraction of sp³-hybridized carbons (Fsp3) is 0.267. The summed E-state index contributed by atoms with van der Waals surface area (Å²) < 4.78 is 27.6. The Morgan fingerprint density at radius 1 is 0.950 bits per heavy atom. The Morgan fingerprint density at radius 2 is 1.73 bits per heavy atom. The third-order valence-electron chi connectivity index (χ3n) is 6.67. The van der Waals surface area contributed by atoms with E-state index in [-0.39, 0.29) is 5.56 Å². The Morgan fingerprint density at radius 3 is 2.48 bits per heavy atom. The van der Waals surface area contributed by atoms with Gasteiger partial charge in [0.15, 0.2) is 28.1 Å². The molecule has 1 aliphatic heterocycles. The van der Waals surface area contributed by atoms with Crippen molar-refractivity contribution >= 4 is 33.9 Å². The summed E-state index contributed by atoms with van der Waals surface area (Å²) in [5.74, 6) is 3.33. The molecule has 1 aromatic heterocycles. The molecule has 0 unspecified atom stereocenters. The molecule has 10 heteroatoms. The van der Waals surface area contributed by atoms with Crippen molar-refractivity contribution in [3.8, 4) is 28.7 Å². The van der Waals surface area contributed by atoms with E-state index in [1.165, 1.54) is 0 Å². The van der Waals surface area contributed by atoms with Crippen molar-refractivity contribution in [3.05, 3.63) is 82.1 Å². The van der Waals surface area contributed by atoms with E-state index in [2.05, 4.69) is 10.3 Å². The molecular formula is C30H31N3O6S. The molecule has 0 atom stereocenters. The Bertz CT molecular complexity index is 1590. The highest BCUT2D eigenvalue weighted by atomic mass is 32.1. The van der Waals surface area contributed by atoms with Crippen LogP contribution in [0.15, 0.2) is 65.5 Å². The standard InChI is InChI=1S/C30H31N3O6S/c1-35-23-6-4-5-22(16-23)31-30(40)33(10-9-19-7-8-25(36-2)26(13-19)37-3)18-21-14-20-15-27-28(39-12-11-38-27)17-24(20)32-29(21)34/h4-8,13-17H,9-12,18H2,1-3H3,(H,31,40)(H,32,34). The van der Waals surface area contributed by atoms with Gasteiger partial charge in [-0.1, -0.05) is 12.1 Å². The second kappa shape index (κ2) is 12.2. The van der Waals surface area contributed by atoms with Crippen LogP contribution in [-0.2, 0) is 13.0 Å². The molecule has 40 heavy (non-hydrogen) atoms. The van der Waals surface area contributed by atoms with E-state index >= 15 is 0 Å². The van der Waals surface area contributed by atoms with Crippen molar-refractivity contribution in [1.82, 2.24) is 9.88 Å². The third-order valence-corrected chi connectivity index (χ3v) is 7.03. The van der Waals surface area contributed by atoms with E-state index in [0.29, 0.717) is 77.7 Å². The molecule has 0 bridgehead atoms. The first-order valence-corrected chi connectivity index (χ1v) is 13.2. The molecule has 0 saturated heterocycles. The summed E-state index contributed by atoms with van der Waals surface area (Å²) >= 11 is 5.84. The zero-order valence-electron chi connectivity index (χ0n) is 22.6. The van der Waals surface area contributed by atoms with Gasteiger partial charge >= 0.3 is 0 Å². The molecule has 5 rings (SSSR count). The van der Waals surface area contributed by atoms with Crippen LogP contribution in [-0.4, -0.2) is 56.1 Å². The molecule has 0 spiro atoms. The van der Waals surface area contributed by atoms with Crippen LogP contribution in [0.2, 0.25) is 0 Å². The van der Waals surface area contributed by atoms with Gasteiger partial charge in [0.25, 0.3) is 5.56 Å². The number of H-pyrrole nitrogens is 1. The minimum Gasteiger partial charge on any atom is -0.497 e. The van der Waals surface area contributed by atoms with Crippen LogP contribution in [0.5, 0.6) is 28.7 Å². The minimum atomic E-state index is -0.190. The van der Waals surface area contributed by atoms with Crippen LogP contribution in [0.1, 0.15) is 11.1 Å². The van der Waals surface area contributed by atoms with Crippen molar-refractivity contribution in [3.63, 3.8) is 0 Å². The average Bonchev–Trinajstić information content (AvgIpc) is 2.98. The number of fused-ring (bicyclic) bond motifs is 2. The quantitative estimate of drug-likeness (QED) is 0.280. The topological polar surface area (TPSA) is 94.3 Å². The number of nitrogens with one attached hydrogen (secondary N) is 2. The molecule has 4 aromatic rings. The summed E-state index contributed by atoms with van der Waals surface area (Å²) in [6.07, 6.45) is 0.657. The Hall–Kier alpha value is -4.44. The number of methoxy groups -OCH3 is 3. The number of hydrogen-bond acceptors (Lipinski definition) is 7. The van der Waals surface area contributed by atoms with Gasteiger partial charge in [-0.3, -0.25) is 4.79 Å². The van der Waals surface area contributed by atoms with Crippen LogP contribution in [0.4, 0.5) is 5.69 Å². The highest BCUT2D eigenvalue weighted by Crippen LogP contribution is 2.34. The SMILES string of the molecule is COc1cccc(NC(=S)N(CCc2ccc(OC)c(OC)c2)Cc2cc3cc4c(cc3[nH]c2=O)OCCO4)c1. The first kappa shape index (κ1) is 27.1. The molecule has 0 fully saturated rings. The summed E-state index contributed by atoms with van der Waals surface area (Å²) in [6, 6.07) is 18.9. The van der Waals surface area contributed by atoms with Crippen molar-refractivity contribution in [2.45, 2.75) is 13.0 Å². The lowest BCUT2D eigenvalue weighted by Crippen LogP contribution is -2.37. The molecule has 1 aliphatic rings. The third kappa shape index (κ3) is 6.07. The number of benzene rings is 3. The summed E-state index contributed by atoms with van der Waals surface area (Å²) in [7, 11) is 4.84. The van der Waals surface area contributed by atoms with Crippen LogP contribution in [0.25, 0.3) is 10.9 Å². The monoisotopic (exact) mass is 561 g/mol. The van der Waals surface area contributed by atoms with Crippen molar-refractivity contribution in [2.75, 3.05) is 46.4 Å². The molecule has 0 aliphatic carbocycles. The molecule has 208 valence electrons. The van der Waals surface area contributed by atoms with Crippen molar-refractivity contribution in [1.29, 1.82) is 0 Å². The molecule has 0 amide bonds. The average molecular weight is 562 g/mol. The first-order valence-electron chi connectivity index (χ1n) is 12.8. The van der Waals surface area contributed by atoms with Gasteiger partial charge in [0, 0.05) is 35.3 Å². The number of aromatic nitrogens is 1. The van der Waals surface area contributed by atoms with Gasteiger partial charge in [-0.05, 0) is 60.6 Å².